The zero-order valence-electron chi connectivity index (χ0n) is 31.9. The highest BCUT2D eigenvalue weighted by Crippen LogP contribution is 2.45. The average Bonchev–Trinajstić information content (AvgIpc) is 3.74. The van der Waals surface area contributed by atoms with Gasteiger partial charge in [0.25, 0.3) is 11.8 Å². The van der Waals surface area contributed by atoms with Crippen LogP contribution in [0.5, 0.6) is 0 Å². The second-order valence-electron chi connectivity index (χ2n) is 16.3. The lowest BCUT2D eigenvalue weighted by Gasteiger charge is -2.41. The van der Waals surface area contributed by atoms with Crippen molar-refractivity contribution in [1.29, 1.82) is 5.26 Å². The highest BCUT2D eigenvalue weighted by Gasteiger charge is 2.48. The van der Waals surface area contributed by atoms with Crippen LogP contribution in [0.25, 0.3) is 21.9 Å². The van der Waals surface area contributed by atoms with E-state index >= 15 is 13.2 Å². The SMILES string of the molecule is CC(C)(O)c1cc2nn(C3CCC(CN4CC[C@@H](c5c(F)ccc6c5[nH]c(=O)n6[C@@H]5CCC(=O)NC5=O)C(F)(F)C4)CC3)cc2cc1NC(=O)c1cncc(C#N)c1. The van der Waals surface area contributed by atoms with Crippen LogP contribution < -0.4 is 16.3 Å². The molecule has 2 aliphatic heterocycles. The van der Waals surface area contributed by atoms with Gasteiger partial charge in [-0.2, -0.15) is 10.4 Å². The minimum atomic E-state index is -3.31. The van der Waals surface area contributed by atoms with E-state index in [4.69, 9.17) is 5.10 Å². The van der Waals surface area contributed by atoms with Crippen molar-refractivity contribution in [3.63, 3.8) is 0 Å². The summed E-state index contributed by atoms with van der Waals surface area (Å²) in [5.41, 5.74) is -0.310. The van der Waals surface area contributed by atoms with Gasteiger partial charge in [0.15, 0.2) is 0 Å². The summed E-state index contributed by atoms with van der Waals surface area (Å²) in [5, 5.41) is 30.9. The molecule has 5 heterocycles. The van der Waals surface area contributed by atoms with Crippen molar-refractivity contribution in [1.82, 2.24) is 34.5 Å². The van der Waals surface area contributed by atoms with Crippen molar-refractivity contribution in [2.24, 2.45) is 5.92 Å². The van der Waals surface area contributed by atoms with E-state index in [1.54, 1.807) is 30.9 Å². The lowest BCUT2D eigenvalue weighted by Crippen LogP contribution is -2.49. The molecule has 3 aromatic heterocycles. The van der Waals surface area contributed by atoms with E-state index in [2.05, 4.69) is 20.6 Å². The van der Waals surface area contributed by atoms with E-state index < -0.39 is 59.3 Å². The molecule has 8 rings (SSSR count). The number of alkyl halides is 2. The van der Waals surface area contributed by atoms with E-state index in [9.17, 15) is 29.5 Å². The van der Waals surface area contributed by atoms with Gasteiger partial charge in [-0.1, -0.05) is 0 Å². The van der Waals surface area contributed by atoms with E-state index in [0.29, 0.717) is 29.9 Å². The van der Waals surface area contributed by atoms with Crippen LogP contribution in [0.2, 0.25) is 0 Å². The summed E-state index contributed by atoms with van der Waals surface area (Å²) in [6, 6.07) is 8.29. The molecule has 0 spiro atoms. The number of halogens is 3. The van der Waals surface area contributed by atoms with Crippen LogP contribution >= 0.6 is 0 Å². The molecule has 14 nitrogen and oxygen atoms in total. The first-order valence-electron chi connectivity index (χ1n) is 19.4. The average molecular weight is 798 g/mol. The Balaban J connectivity index is 0.929. The summed E-state index contributed by atoms with van der Waals surface area (Å²) in [5.74, 6) is -7.13. The van der Waals surface area contributed by atoms with Crippen molar-refractivity contribution in [2.75, 3.05) is 25.0 Å². The Morgan fingerprint density at radius 3 is 2.57 bits per heavy atom. The van der Waals surface area contributed by atoms with Crippen LogP contribution in [0.15, 0.2) is 53.7 Å². The van der Waals surface area contributed by atoms with Crippen molar-refractivity contribution in [2.45, 2.75) is 88.3 Å². The Morgan fingerprint density at radius 1 is 1.09 bits per heavy atom. The standard InChI is InChI=1S/C41H42F3N9O5/c1-40(2,58)28-15-30-25(14-31(28)47-37(55)24-13-23(16-45)17-46-18-24)20-52(50-30)26-5-3-22(4-6-26)19-51-12-11-27(41(43,44)21-51)35-29(42)7-8-32-36(35)49-39(57)53(32)33-9-10-34(54)48-38(33)56/h7-8,13-15,17-18,20,22,26-27,33,58H,3-6,9-12,19,21H2,1-2H3,(H,47,55)(H,49,57)(H,48,54,56)/t22?,26?,27-,33+/m0/s1. The molecule has 2 aromatic carbocycles. The number of rotatable bonds is 8. The Bertz CT molecular complexity index is 2560. The highest BCUT2D eigenvalue weighted by atomic mass is 19.3. The number of benzene rings is 2. The molecule has 1 aliphatic carbocycles. The van der Waals surface area contributed by atoms with Gasteiger partial charge in [0.2, 0.25) is 11.8 Å². The number of nitrogens with one attached hydrogen (secondary N) is 3. The van der Waals surface area contributed by atoms with Gasteiger partial charge in [0.05, 0.1) is 51.8 Å². The second kappa shape index (κ2) is 14.8. The fourth-order valence-electron chi connectivity index (χ4n) is 8.96. The van der Waals surface area contributed by atoms with Crippen LogP contribution in [0, 0.1) is 23.1 Å². The number of carbonyl (C=O) groups is 3. The summed E-state index contributed by atoms with van der Waals surface area (Å²) in [6.45, 7) is 3.42. The topological polar surface area (TPSA) is 191 Å². The number of aliphatic hydroxyl groups is 1. The molecule has 4 N–H and O–H groups in total. The smallest absolute Gasteiger partial charge is 0.327 e. The fraction of sp³-hybridized carbons (Fsp3) is 0.439. The maximum absolute atomic E-state index is 16.1. The zero-order valence-corrected chi connectivity index (χ0v) is 31.9. The fourth-order valence-corrected chi connectivity index (χ4v) is 8.96. The summed E-state index contributed by atoms with van der Waals surface area (Å²) in [6.07, 6.45) is 7.74. The predicted molar refractivity (Wildman–Crippen MR) is 206 cm³/mol. The summed E-state index contributed by atoms with van der Waals surface area (Å²) < 4.78 is 50.6. The molecular formula is C41H42F3N9O5. The molecule has 17 heteroatoms. The normalized spacial score (nSPS) is 22.8. The third-order valence-electron chi connectivity index (χ3n) is 11.8. The lowest BCUT2D eigenvalue weighted by molar-refractivity contribution is -0.135. The number of likely N-dealkylation sites (tertiary alicyclic amines) is 1. The number of H-pyrrole nitrogens is 1. The minimum Gasteiger partial charge on any atom is -0.386 e. The van der Waals surface area contributed by atoms with E-state index in [1.807, 2.05) is 16.9 Å². The first-order chi connectivity index (χ1) is 27.6. The number of carbonyl (C=O) groups excluding carboxylic acids is 3. The number of anilines is 1. The highest BCUT2D eigenvalue weighted by molar-refractivity contribution is 6.06. The van der Waals surface area contributed by atoms with E-state index in [0.717, 1.165) is 41.7 Å². The number of imide groups is 1. The summed E-state index contributed by atoms with van der Waals surface area (Å²) in [7, 11) is 0. The first-order valence-corrected chi connectivity index (χ1v) is 19.4. The number of piperidine rings is 2. The second-order valence-corrected chi connectivity index (χ2v) is 16.3. The third kappa shape index (κ3) is 7.37. The van der Waals surface area contributed by atoms with E-state index in [-0.39, 0.29) is 58.9 Å². The van der Waals surface area contributed by atoms with E-state index in [1.165, 1.54) is 24.5 Å². The number of nitrogens with zero attached hydrogens (tertiary/aromatic N) is 6. The number of hydrogen-bond acceptors (Lipinski definition) is 9. The Kier molecular flexibility index (Phi) is 9.96. The Hall–Kier alpha value is -5.86. The van der Waals surface area contributed by atoms with Gasteiger partial charge < -0.3 is 15.4 Å². The molecular weight excluding hydrogens is 756 g/mol. The molecule has 2 atom stereocenters. The summed E-state index contributed by atoms with van der Waals surface area (Å²) in [4.78, 5) is 58.7. The van der Waals surface area contributed by atoms with Crippen LogP contribution in [-0.2, 0) is 15.2 Å². The lowest BCUT2D eigenvalue weighted by atomic mass is 9.82. The maximum atomic E-state index is 16.1. The Labute approximate surface area is 330 Å². The predicted octanol–water partition coefficient (Wildman–Crippen LogP) is 5.40. The zero-order chi connectivity index (χ0) is 41.1. The van der Waals surface area contributed by atoms with Crippen molar-refractivity contribution >= 4 is 45.3 Å². The minimum absolute atomic E-state index is 0.0112. The molecule has 1 saturated carbocycles. The third-order valence-corrected chi connectivity index (χ3v) is 11.8. The molecule has 5 aromatic rings. The number of nitriles is 1. The molecule has 3 fully saturated rings. The molecule has 0 radical (unpaired) electrons. The van der Waals surface area contributed by atoms with Gasteiger partial charge in [0.1, 0.15) is 17.9 Å². The number of amides is 3. The number of pyridine rings is 1. The van der Waals surface area contributed by atoms with Crippen LogP contribution in [-0.4, -0.2) is 77.6 Å². The van der Waals surface area contributed by atoms with Crippen LogP contribution in [0.1, 0.15) is 104 Å². The first kappa shape index (κ1) is 39.0. The number of imidazole rings is 1. The molecule has 0 bridgehead atoms. The molecule has 302 valence electrons. The number of aromatic nitrogens is 5. The van der Waals surface area contributed by atoms with Crippen molar-refractivity contribution in [3.05, 3.63) is 87.5 Å². The maximum Gasteiger partial charge on any atom is 0.327 e. The van der Waals surface area contributed by atoms with Gasteiger partial charge in [0, 0.05) is 53.8 Å². The van der Waals surface area contributed by atoms with Crippen molar-refractivity contribution in [3.8, 4) is 6.07 Å². The Morgan fingerprint density at radius 2 is 1.86 bits per heavy atom. The van der Waals surface area contributed by atoms with Gasteiger partial charge in [-0.3, -0.25) is 38.8 Å². The molecule has 2 saturated heterocycles. The quantitative estimate of drug-likeness (QED) is 0.149. The number of fused-ring (bicyclic) bond motifs is 2. The monoisotopic (exact) mass is 797 g/mol. The molecule has 0 unspecified atom stereocenters. The number of aromatic amines is 1. The molecule has 3 aliphatic rings. The van der Waals surface area contributed by atoms with Crippen molar-refractivity contribution < 1.29 is 32.7 Å². The van der Waals surface area contributed by atoms with Gasteiger partial charge in [-0.15, -0.1) is 0 Å². The molecule has 58 heavy (non-hydrogen) atoms. The summed E-state index contributed by atoms with van der Waals surface area (Å²) >= 11 is 0. The van der Waals surface area contributed by atoms with Crippen LogP contribution in [0.3, 0.4) is 0 Å². The number of hydrogen-bond donors (Lipinski definition) is 4. The van der Waals surface area contributed by atoms with Gasteiger partial charge in [-0.05, 0) is 95.2 Å². The largest absolute Gasteiger partial charge is 0.386 e. The van der Waals surface area contributed by atoms with Gasteiger partial charge in [-0.25, -0.2) is 18.0 Å². The molecule has 3 amide bonds. The van der Waals surface area contributed by atoms with Gasteiger partial charge >= 0.3 is 5.69 Å². The van der Waals surface area contributed by atoms with Crippen LogP contribution in [0.4, 0.5) is 18.9 Å².